The summed E-state index contributed by atoms with van der Waals surface area (Å²) in [5, 5.41) is 14.5. The maximum atomic E-state index is 11.9. The van der Waals surface area contributed by atoms with Gasteiger partial charge in [0.15, 0.2) is 0 Å². The number of nitrogens with one attached hydrogen (secondary N) is 2. The Balaban J connectivity index is 1.90. The number of anilines is 1. The highest BCUT2D eigenvalue weighted by molar-refractivity contribution is 5.91. The highest BCUT2D eigenvalue weighted by atomic mass is 16.4. The van der Waals surface area contributed by atoms with Crippen molar-refractivity contribution in [1.29, 1.82) is 0 Å². The first-order valence-corrected chi connectivity index (χ1v) is 6.92. The van der Waals surface area contributed by atoms with Crippen LogP contribution in [0.4, 0.5) is 10.5 Å². The molecule has 0 bridgehead atoms. The Morgan fingerprint density at radius 1 is 1.35 bits per heavy atom. The molecule has 5 nitrogen and oxygen atoms in total. The summed E-state index contributed by atoms with van der Waals surface area (Å²) in [7, 11) is 0. The van der Waals surface area contributed by atoms with Crippen molar-refractivity contribution in [2.75, 3.05) is 5.32 Å². The van der Waals surface area contributed by atoms with Crippen LogP contribution in [-0.4, -0.2) is 23.1 Å². The molecule has 1 aromatic rings. The van der Waals surface area contributed by atoms with Crippen molar-refractivity contribution < 1.29 is 14.7 Å². The number of rotatable bonds is 6. The van der Waals surface area contributed by atoms with E-state index in [0.717, 1.165) is 12.3 Å². The van der Waals surface area contributed by atoms with E-state index in [0.29, 0.717) is 11.3 Å². The molecule has 2 rings (SSSR count). The van der Waals surface area contributed by atoms with Gasteiger partial charge < -0.3 is 15.7 Å². The second-order valence-corrected chi connectivity index (χ2v) is 5.41. The summed E-state index contributed by atoms with van der Waals surface area (Å²) in [4.78, 5) is 22.7. The van der Waals surface area contributed by atoms with Crippen molar-refractivity contribution in [2.45, 2.75) is 38.6 Å². The fraction of sp³-hybridized carbons (Fsp3) is 0.467. The molecule has 0 spiro atoms. The number of para-hydroxylation sites is 1. The molecule has 5 heteroatoms. The summed E-state index contributed by atoms with van der Waals surface area (Å²) in [6, 6.07) is 6.80. The molecule has 0 aliphatic heterocycles. The normalized spacial score (nSPS) is 15.4. The SMILES string of the molecule is CC(CC1CC1)NC(=O)Nc1ccccc1CC(=O)O. The number of benzene rings is 1. The molecule has 0 aromatic heterocycles. The molecule has 1 aliphatic rings. The third-order valence-corrected chi connectivity index (χ3v) is 3.37. The Morgan fingerprint density at radius 2 is 2.05 bits per heavy atom. The van der Waals surface area contributed by atoms with Gasteiger partial charge in [-0.15, -0.1) is 0 Å². The monoisotopic (exact) mass is 276 g/mol. The molecular weight excluding hydrogens is 256 g/mol. The lowest BCUT2D eigenvalue weighted by Gasteiger charge is -2.15. The molecule has 1 aliphatic carbocycles. The van der Waals surface area contributed by atoms with Crippen molar-refractivity contribution in [2.24, 2.45) is 5.92 Å². The summed E-state index contributed by atoms with van der Waals surface area (Å²) in [5.74, 6) is -0.161. The fourth-order valence-electron chi connectivity index (χ4n) is 2.25. The Bertz CT molecular complexity index is 498. The standard InChI is InChI=1S/C15H20N2O3/c1-10(8-11-6-7-11)16-15(20)17-13-5-3-2-4-12(13)9-14(18)19/h2-5,10-11H,6-9H2,1H3,(H,18,19)(H2,16,17,20). The average molecular weight is 276 g/mol. The Labute approximate surface area is 118 Å². The van der Waals surface area contributed by atoms with Crippen molar-refractivity contribution >= 4 is 17.7 Å². The minimum atomic E-state index is -0.915. The predicted octanol–water partition coefficient (Wildman–Crippen LogP) is 2.62. The highest BCUT2D eigenvalue weighted by Gasteiger charge is 2.24. The molecule has 0 saturated heterocycles. The van der Waals surface area contributed by atoms with Gasteiger partial charge in [-0.25, -0.2) is 4.79 Å². The van der Waals surface area contributed by atoms with Gasteiger partial charge in [0.25, 0.3) is 0 Å². The van der Waals surface area contributed by atoms with Crippen LogP contribution in [0.5, 0.6) is 0 Å². The molecule has 1 saturated carbocycles. The molecule has 1 unspecified atom stereocenters. The average Bonchev–Trinajstić information content (AvgIpc) is 3.14. The molecule has 108 valence electrons. The predicted molar refractivity (Wildman–Crippen MR) is 76.7 cm³/mol. The second-order valence-electron chi connectivity index (χ2n) is 5.41. The van der Waals surface area contributed by atoms with E-state index >= 15 is 0 Å². The second kappa shape index (κ2) is 6.41. The van der Waals surface area contributed by atoms with E-state index in [2.05, 4.69) is 10.6 Å². The quantitative estimate of drug-likeness (QED) is 0.747. The van der Waals surface area contributed by atoms with E-state index in [1.54, 1.807) is 24.3 Å². The molecular formula is C15H20N2O3. The van der Waals surface area contributed by atoms with Crippen molar-refractivity contribution in [3.8, 4) is 0 Å². The fourth-order valence-corrected chi connectivity index (χ4v) is 2.25. The first-order chi connectivity index (χ1) is 9.54. The van der Waals surface area contributed by atoms with Gasteiger partial charge >= 0.3 is 12.0 Å². The lowest BCUT2D eigenvalue weighted by atomic mass is 10.1. The summed E-state index contributed by atoms with van der Waals surface area (Å²) >= 11 is 0. The number of carbonyl (C=O) groups excluding carboxylic acids is 1. The van der Waals surface area contributed by atoms with Gasteiger partial charge in [0.1, 0.15) is 0 Å². The zero-order chi connectivity index (χ0) is 14.5. The minimum Gasteiger partial charge on any atom is -0.481 e. The van der Waals surface area contributed by atoms with E-state index in [1.165, 1.54) is 12.8 Å². The smallest absolute Gasteiger partial charge is 0.319 e. The van der Waals surface area contributed by atoms with Crippen LogP contribution in [-0.2, 0) is 11.2 Å². The summed E-state index contributed by atoms with van der Waals surface area (Å²) in [6.45, 7) is 1.99. The van der Waals surface area contributed by atoms with Gasteiger partial charge in [-0.3, -0.25) is 4.79 Å². The van der Waals surface area contributed by atoms with Gasteiger partial charge in [0.2, 0.25) is 0 Å². The van der Waals surface area contributed by atoms with Crippen LogP contribution in [0.1, 0.15) is 31.7 Å². The van der Waals surface area contributed by atoms with Gasteiger partial charge in [0.05, 0.1) is 6.42 Å². The van der Waals surface area contributed by atoms with E-state index in [4.69, 9.17) is 5.11 Å². The van der Waals surface area contributed by atoms with Gasteiger partial charge in [-0.1, -0.05) is 31.0 Å². The van der Waals surface area contributed by atoms with Crippen molar-refractivity contribution in [1.82, 2.24) is 5.32 Å². The Morgan fingerprint density at radius 3 is 2.70 bits per heavy atom. The summed E-state index contributed by atoms with van der Waals surface area (Å²) in [5.41, 5.74) is 1.15. The molecule has 1 aromatic carbocycles. The van der Waals surface area contributed by atoms with Crippen LogP contribution in [0.2, 0.25) is 0 Å². The first kappa shape index (κ1) is 14.4. The minimum absolute atomic E-state index is 0.103. The van der Waals surface area contributed by atoms with Crippen LogP contribution in [0.3, 0.4) is 0 Å². The Kier molecular flexibility index (Phi) is 4.61. The number of hydrogen-bond donors (Lipinski definition) is 3. The number of carbonyl (C=O) groups is 2. The van der Waals surface area contributed by atoms with Crippen LogP contribution in [0, 0.1) is 5.92 Å². The number of urea groups is 1. The van der Waals surface area contributed by atoms with Crippen LogP contribution < -0.4 is 10.6 Å². The number of carboxylic acid groups (broad SMARTS) is 1. The third-order valence-electron chi connectivity index (χ3n) is 3.37. The molecule has 3 N–H and O–H groups in total. The highest BCUT2D eigenvalue weighted by Crippen LogP contribution is 2.33. The van der Waals surface area contributed by atoms with Crippen LogP contribution in [0.15, 0.2) is 24.3 Å². The molecule has 1 fully saturated rings. The van der Waals surface area contributed by atoms with E-state index in [9.17, 15) is 9.59 Å². The molecule has 2 amide bonds. The first-order valence-electron chi connectivity index (χ1n) is 6.92. The van der Waals surface area contributed by atoms with E-state index in [1.807, 2.05) is 6.92 Å². The van der Waals surface area contributed by atoms with Gasteiger partial charge in [-0.05, 0) is 30.9 Å². The van der Waals surface area contributed by atoms with Crippen molar-refractivity contribution in [3.63, 3.8) is 0 Å². The van der Waals surface area contributed by atoms with Crippen LogP contribution >= 0.6 is 0 Å². The lowest BCUT2D eigenvalue weighted by molar-refractivity contribution is -0.136. The maximum absolute atomic E-state index is 11.9. The van der Waals surface area contributed by atoms with Gasteiger partial charge in [0, 0.05) is 11.7 Å². The molecule has 20 heavy (non-hydrogen) atoms. The number of carboxylic acids is 1. The zero-order valence-electron chi connectivity index (χ0n) is 11.6. The van der Waals surface area contributed by atoms with Crippen molar-refractivity contribution in [3.05, 3.63) is 29.8 Å². The molecule has 0 radical (unpaired) electrons. The topological polar surface area (TPSA) is 78.4 Å². The number of hydrogen-bond acceptors (Lipinski definition) is 2. The van der Waals surface area contributed by atoms with Gasteiger partial charge in [-0.2, -0.15) is 0 Å². The molecule has 1 atom stereocenters. The lowest BCUT2D eigenvalue weighted by Crippen LogP contribution is -2.36. The largest absolute Gasteiger partial charge is 0.481 e. The zero-order valence-corrected chi connectivity index (χ0v) is 11.6. The summed E-state index contributed by atoms with van der Waals surface area (Å²) in [6.07, 6.45) is 3.42. The third kappa shape index (κ3) is 4.57. The number of aliphatic carboxylic acids is 1. The van der Waals surface area contributed by atoms with Crippen LogP contribution in [0.25, 0.3) is 0 Å². The van der Waals surface area contributed by atoms with E-state index in [-0.39, 0.29) is 18.5 Å². The molecule has 0 heterocycles. The summed E-state index contributed by atoms with van der Waals surface area (Å²) < 4.78 is 0. The number of amides is 2. The Hall–Kier alpha value is -2.04. The van der Waals surface area contributed by atoms with E-state index < -0.39 is 5.97 Å². The maximum Gasteiger partial charge on any atom is 0.319 e.